The summed E-state index contributed by atoms with van der Waals surface area (Å²) in [4.78, 5) is 38.4. The SMILES string of the molecule is CCOC(=O)C(C)(C(=O)OCC)C1/C(=C/[Si](C)(C)C)C=Cc2cc(C(=O)OC)ccc21. The summed E-state index contributed by atoms with van der Waals surface area (Å²) in [7, 11) is -0.392. The van der Waals surface area contributed by atoms with Crippen molar-refractivity contribution in [3.63, 3.8) is 0 Å². The van der Waals surface area contributed by atoms with Gasteiger partial charge in [0, 0.05) is 5.92 Å². The molecule has 1 aliphatic rings. The number of carbonyl (C=O) groups excluding carboxylic acids is 3. The molecule has 6 nitrogen and oxygen atoms in total. The summed E-state index contributed by atoms with van der Waals surface area (Å²) in [5, 5.41) is 0. The van der Waals surface area contributed by atoms with Crippen molar-refractivity contribution in [3.05, 3.63) is 52.2 Å². The maximum absolute atomic E-state index is 13.2. The molecule has 31 heavy (non-hydrogen) atoms. The standard InChI is InChI=1S/C24H32O6Si/c1-8-29-22(26)24(3,23(27)30-9-2)20-18(15-31(5,6)7)11-10-16-14-17(21(25)28-4)12-13-19(16)20/h10-15,20H,8-9H2,1-7H3/b18-15+. The van der Waals surface area contributed by atoms with Gasteiger partial charge in [0.1, 0.15) is 0 Å². The lowest BCUT2D eigenvalue weighted by molar-refractivity contribution is -0.171. The predicted octanol–water partition coefficient (Wildman–Crippen LogP) is 4.52. The first-order valence-corrected chi connectivity index (χ1v) is 14.0. The number of rotatable bonds is 7. The molecule has 1 aliphatic carbocycles. The lowest BCUT2D eigenvalue weighted by atomic mass is 9.66. The van der Waals surface area contributed by atoms with Gasteiger partial charge in [-0.25, -0.2) is 4.79 Å². The zero-order valence-corrected chi connectivity index (χ0v) is 20.4. The second-order valence-corrected chi connectivity index (χ2v) is 13.8. The molecule has 0 aliphatic heterocycles. The number of allylic oxidation sites excluding steroid dienone is 2. The number of ether oxygens (including phenoxy) is 3. The number of hydrogen-bond donors (Lipinski definition) is 0. The van der Waals surface area contributed by atoms with Gasteiger partial charge in [-0.3, -0.25) is 9.59 Å². The van der Waals surface area contributed by atoms with Crippen molar-refractivity contribution in [1.29, 1.82) is 0 Å². The van der Waals surface area contributed by atoms with E-state index in [9.17, 15) is 14.4 Å². The first-order chi connectivity index (χ1) is 14.5. The Morgan fingerprint density at radius 3 is 2.10 bits per heavy atom. The van der Waals surface area contributed by atoms with E-state index in [1.807, 2.05) is 12.2 Å². The molecular weight excluding hydrogens is 412 g/mol. The van der Waals surface area contributed by atoms with Crippen LogP contribution in [0.5, 0.6) is 0 Å². The summed E-state index contributed by atoms with van der Waals surface area (Å²) in [5.41, 5.74) is 3.40. The summed E-state index contributed by atoms with van der Waals surface area (Å²) in [5.74, 6) is -2.31. The van der Waals surface area contributed by atoms with E-state index in [0.29, 0.717) is 5.56 Å². The van der Waals surface area contributed by atoms with Gasteiger partial charge in [-0.1, -0.05) is 43.6 Å². The van der Waals surface area contributed by atoms with Gasteiger partial charge in [-0.2, -0.15) is 0 Å². The average molecular weight is 445 g/mol. The van der Waals surface area contributed by atoms with Crippen molar-refractivity contribution >= 4 is 32.1 Å². The Kier molecular flexibility index (Phi) is 7.65. The molecule has 1 atom stereocenters. The zero-order chi connectivity index (χ0) is 23.4. The second-order valence-electron chi connectivity index (χ2n) is 8.76. The molecular formula is C24H32O6Si. The Labute approximate surface area is 185 Å². The summed E-state index contributed by atoms with van der Waals surface area (Å²) < 4.78 is 15.5. The Morgan fingerprint density at radius 2 is 1.61 bits per heavy atom. The van der Waals surface area contributed by atoms with Crippen LogP contribution in [0.2, 0.25) is 19.6 Å². The van der Waals surface area contributed by atoms with Gasteiger partial charge in [0.05, 0.1) is 34.0 Å². The van der Waals surface area contributed by atoms with E-state index in [-0.39, 0.29) is 13.2 Å². The van der Waals surface area contributed by atoms with Crippen LogP contribution in [-0.2, 0) is 23.8 Å². The monoisotopic (exact) mass is 444 g/mol. The number of esters is 3. The Morgan fingerprint density at radius 1 is 1.03 bits per heavy atom. The maximum atomic E-state index is 13.2. The van der Waals surface area contributed by atoms with Crippen LogP contribution < -0.4 is 0 Å². The van der Waals surface area contributed by atoms with Crippen molar-refractivity contribution in [2.45, 2.75) is 46.3 Å². The fourth-order valence-electron chi connectivity index (χ4n) is 3.85. The minimum atomic E-state index is -1.72. The second kappa shape index (κ2) is 9.64. The first-order valence-electron chi connectivity index (χ1n) is 10.5. The molecule has 0 saturated carbocycles. The average Bonchev–Trinajstić information content (AvgIpc) is 2.71. The van der Waals surface area contributed by atoms with Gasteiger partial charge < -0.3 is 14.2 Å². The third-order valence-corrected chi connectivity index (χ3v) is 6.38. The molecule has 0 aromatic heterocycles. The molecule has 0 radical (unpaired) electrons. The highest BCUT2D eigenvalue weighted by Gasteiger charge is 2.53. The number of hydrogen-bond acceptors (Lipinski definition) is 6. The number of methoxy groups -OCH3 is 1. The van der Waals surface area contributed by atoms with Crippen molar-refractivity contribution in [1.82, 2.24) is 0 Å². The smallest absolute Gasteiger partial charge is 0.337 e. The lowest BCUT2D eigenvalue weighted by Crippen LogP contribution is -2.46. The van der Waals surface area contributed by atoms with Gasteiger partial charge in [-0.05, 0) is 49.6 Å². The van der Waals surface area contributed by atoms with E-state index in [2.05, 4.69) is 25.3 Å². The van der Waals surface area contributed by atoms with E-state index in [1.54, 1.807) is 39.0 Å². The van der Waals surface area contributed by atoms with E-state index >= 15 is 0 Å². The van der Waals surface area contributed by atoms with Crippen molar-refractivity contribution in [2.75, 3.05) is 20.3 Å². The van der Waals surface area contributed by atoms with Gasteiger partial charge >= 0.3 is 17.9 Å². The highest BCUT2D eigenvalue weighted by Crippen LogP contribution is 2.48. The van der Waals surface area contributed by atoms with Gasteiger partial charge in [0.2, 0.25) is 0 Å². The van der Waals surface area contributed by atoms with Crippen LogP contribution in [0.3, 0.4) is 0 Å². The summed E-state index contributed by atoms with van der Waals surface area (Å²) in [6.07, 6.45) is 3.82. The van der Waals surface area contributed by atoms with Crippen molar-refractivity contribution in [3.8, 4) is 0 Å². The molecule has 7 heteroatoms. The minimum Gasteiger partial charge on any atom is -0.465 e. The van der Waals surface area contributed by atoms with Gasteiger partial charge in [0.15, 0.2) is 5.41 Å². The molecule has 0 spiro atoms. The van der Waals surface area contributed by atoms with Crippen LogP contribution in [0.1, 0.15) is 48.2 Å². The molecule has 168 valence electrons. The summed E-state index contributed by atoms with van der Waals surface area (Å²) in [6.45, 7) is 11.9. The Balaban J connectivity index is 2.79. The summed E-state index contributed by atoms with van der Waals surface area (Å²) >= 11 is 0. The number of fused-ring (bicyclic) bond motifs is 1. The van der Waals surface area contributed by atoms with Crippen LogP contribution in [0.15, 0.2) is 35.5 Å². The van der Waals surface area contributed by atoms with Crippen LogP contribution in [0, 0.1) is 5.41 Å². The van der Waals surface area contributed by atoms with Crippen molar-refractivity contribution < 1.29 is 28.6 Å². The van der Waals surface area contributed by atoms with Crippen LogP contribution in [0.25, 0.3) is 6.08 Å². The Bertz CT molecular complexity index is 904. The zero-order valence-electron chi connectivity index (χ0n) is 19.4. The van der Waals surface area contributed by atoms with E-state index < -0.39 is 37.3 Å². The number of benzene rings is 1. The van der Waals surface area contributed by atoms with E-state index in [0.717, 1.165) is 16.7 Å². The van der Waals surface area contributed by atoms with E-state index in [4.69, 9.17) is 14.2 Å². The van der Waals surface area contributed by atoms with E-state index in [1.165, 1.54) is 7.11 Å². The highest BCUT2D eigenvalue weighted by atomic mass is 28.3. The summed E-state index contributed by atoms with van der Waals surface area (Å²) in [6, 6.07) is 5.15. The molecule has 0 saturated heterocycles. The third-order valence-electron chi connectivity index (χ3n) is 5.18. The first kappa shape index (κ1) is 24.6. The predicted molar refractivity (Wildman–Crippen MR) is 122 cm³/mol. The molecule has 0 fully saturated rings. The highest BCUT2D eigenvalue weighted by molar-refractivity contribution is 6.81. The minimum absolute atomic E-state index is 0.150. The molecule has 0 heterocycles. The third kappa shape index (κ3) is 5.15. The number of carbonyl (C=O) groups is 3. The van der Waals surface area contributed by atoms with Crippen LogP contribution in [0.4, 0.5) is 0 Å². The van der Waals surface area contributed by atoms with Crippen molar-refractivity contribution in [2.24, 2.45) is 5.41 Å². The molecule has 0 N–H and O–H groups in total. The largest absolute Gasteiger partial charge is 0.465 e. The molecule has 1 aromatic carbocycles. The topological polar surface area (TPSA) is 78.9 Å². The van der Waals surface area contributed by atoms with Gasteiger partial charge in [0.25, 0.3) is 0 Å². The van der Waals surface area contributed by atoms with Crippen LogP contribution in [-0.4, -0.2) is 46.3 Å². The lowest BCUT2D eigenvalue weighted by Gasteiger charge is -2.37. The van der Waals surface area contributed by atoms with Crippen LogP contribution >= 0.6 is 0 Å². The molecule has 0 bridgehead atoms. The molecule has 0 amide bonds. The quantitative estimate of drug-likeness (QED) is 0.266. The molecule has 1 aromatic rings. The maximum Gasteiger partial charge on any atom is 0.337 e. The Hall–Kier alpha value is -2.67. The fourth-order valence-corrected chi connectivity index (χ4v) is 5.11. The fraction of sp³-hybridized carbons (Fsp3) is 0.458. The molecule has 2 rings (SSSR count). The van der Waals surface area contributed by atoms with Gasteiger partial charge in [-0.15, -0.1) is 0 Å². The normalized spacial score (nSPS) is 17.1. The molecule has 1 unspecified atom stereocenters.